The van der Waals surface area contributed by atoms with Gasteiger partial charge in [-0.25, -0.2) is 8.78 Å². The Kier molecular flexibility index (Phi) is 5.22. The summed E-state index contributed by atoms with van der Waals surface area (Å²) in [5.41, 5.74) is -0.0954. The van der Waals surface area contributed by atoms with Gasteiger partial charge in [-0.15, -0.1) is 0 Å². The largest absolute Gasteiger partial charge is 0.394 e. The monoisotopic (exact) mass is 285 g/mol. The number of aliphatic hydroxyl groups is 1. The molecule has 112 valence electrons. The molecule has 0 saturated heterocycles. The average Bonchev–Trinajstić information content (AvgIpc) is 2.31. The third-order valence-electron chi connectivity index (χ3n) is 2.91. The molecule has 1 aromatic rings. The lowest BCUT2D eigenvalue weighted by Crippen LogP contribution is -2.40. The van der Waals surface area contributed by atoms with Crippen molar-refractivity contribution >= 4 is 5.91 Å². The summed E-state index contributed by atoms with van der Waals surface area (Å²) in [6.45, 7) is 7.16. The predicted molar refractivity (Wildman–Crippen MR) is 73.5 cm³/mol. The molecule has 3 nitrogen and oxygen atoms in total. The van der Waals surface area contributed by atoms with Crippen molar-refractivity contribution in [3.8, 4) is 0 Å². The molecule has 1 unspecified atom stereocenters. The molecule has 0 aliphatic rings. The highest BCUT2D eigenvalue weighted by Gasteiger charge is 2.22. The maximum atomic E-state index is 13.6. The number of hydrogen-bond donors (Lipinski definition) is 2. The maximum Gasteiger partial charge on any atom is 0.254 e. The van der Waals surface area contributed by atoms with Gasteiger partial charge < -0.3 is 10.4 Å². The molecule has 1 atom stereocenters. The van der Waals surface area contributed by atoms with Gasteiger partial charge in [0.15, 0.2) is 0 Å². The SMILES string of the molecule is Cc1cc(C(=O)NC(CO)CC(C)(C)C)c(F)cc1F. The summed E-state index contributed by atoms with van der Waals surface area (Å²) >= 11 is 0. The van der Waals surface area contributed by atoms with Crippen molar-refractivity contribution in [2.75, 3.05) is 6.61 Å². The van der Waals surface area contributed by atoms with Gasteiger partial charge in [-0.3, -0.25) is 4.79 Å². The van der Waals surface area contributed by atoms with Crippen LogP contribution in [0.1, 0.15) is 43.1 Å². The topological polar surface area (TPSA) is 49.3 Å². The van der Waals surface area contributed by atoms with Gasteiger partial charge >= 0.3 is 0 Å². The molecule has 0 fully saturated rings. The minimum Gasteiger partial charge on any atom is -0.394 e. The van der Waals surface area contributed by atoms with Crippen molar-refractivity contribution < 1.29 is 18.7 Å². The lowest BCUT2D eigenvalue weighted by Gasteiger charge is -2.25. The summed E-state index contributed by atoms with van der Waals surface area (Å²) in [4.78, 5) is 12.0. The zero-order valence-electron chi connectivity index (χ0n) is 12.3. The molecule has 20 heavy (non-hydrogen) atoms. The number of hydrogen-bond acceptors (Lipinski definition) is 2. The molecule has 0 aliphatic heterocycles. The number of rotatable bonds is 4. The van der Waals surface area contributed by atoms with Crippen LogP contribution in [0.3, 0.4) is 0 Å². The fourth-order valence-corrected chi connectivity index (χ4v) is 1.99. The second-order valence-electron chi connectivity index (χ2n) is 6.20. The number of amides is 1. The summed E-state index contributed by atoms with van der Waals surface area (Å²) in [5.74, 6) is -2.24. The van der Waals surface area contributed by atoms with Crippen LogP contribution in [0.5, 0.6) is 0 Å². The fourth-order valence-electron chi connectivity index (χ4n) is 1.99. The van der Waals surface area contributed by atoms with E-state index < -0.39 is 23.6 Å². The van der Waals surface area contributed by atoms with Gasteiger partial charge in [0.25, 0.3) is 5.91 Å². The zero-order chi connectivity index (χ0) is 15.5. The van der Waals surface area contributed by atoms with Crippen LogP contribution >= 0.6 is 0 Å². The molecule has 0 aromatic heterocycles. The van der Waals surface area contributed by atoms with Crippen LogP contribution in [0.25, 0.3) is 0 Å². The normalized spacial score (nSPS) is 13.2. The second-order valence-corrected chi connectivity index (χ2v) is 6.20. The first-order chi connectivity index (χ1) is 9.14. The van der Waals surface area contributed by atoms with Crippen LogP contribution in [-0.4, -0.2) is 23.7 Å². The van der Waals surface area contributed by atoms with E-state index in [0.717, 1.165) is 0 Å². The first-order valence-corrected chi connectivity index (χ1v) is 6.51. The number of carbonyl (C=O) groups is 1. The summed E-state index contributed by atoms with van der Waals surface area (Å²) in [7, 11) is 0. The standard InChI is InChI=1S/C15H21F2NO2/c1-9-5-11(13(17)6-12(9)16)14(20)18-10(8-19)7-15(2,3)4/h5-6,10,19H,7-8H2,1-4H3,(H,18,20). The Bertz CT molecular complexity index is 495. The highest BCUT2D eigenvalue weighted by molar-refractivity contribution is 5.94. The van der Waals surface area contributed by atoms with E-state index in [0.29, 0.717) is 12.5 Å². The molecule has 1 rings (SSSR count). The molecule has 0 saturated carbocycles. The van der Waals surface area contributed by atoms with E-state index in [9.17, 15) is 18.7 Å². The average molecular weight is 285 g/mol. The molecule has 1 amide bonds. The van der Waals surface area contributed by atoms with Gasteiger partial charge in [0.1, 0.15) is 11.6 Å². The molecular weight excluding hydrogens is 264 g/mol. The number of aryl methyl sites for hydroxylation is 1. The third kappa shape index (κ3) is 4.56. The van der Waals surface area contributed by atoms with Crippen LogP contribution in [-0.2, 0) is 0 Å². The highest BCUT2D eigenvalue weighted by atomic mass is 19.1. The van der Waals surface area contributed by atoms with E-state index in [1.807, 2.05) is 20.8 Å². The third-order valence-corrected chi connectivity index (χ3v) is 2.91. The minimum absolute atomic E-state index is 0.0854. The molecule has 0 heterocycles. The van der Waals surface area contributed by atoms with Gasteiger partial charge in [-0.05, 0) is 30.4 Å². The van der Waals surface area contributed by atoms with Gasteiger partial charge in [0, 0.05) is 6.07 Å². The Balaban J connectivity index is 2.87. The number of halogens is 2. The van der Waals surface area contributed by atoms with Crippen LogP contribution < -0.4 is 5.32 Å². The molecule has 5 heteroatoms. The number of nitrogens with one attached hydrogen (secondary N) is 1. The second kappa shape index (κ2) is 6.31. The fraction of sp³-hybridized carbons (Fsp3) is 0.533. The van der Waals surface area contributed by atoms with E-state index in [1.54, 1.807) is 0 Å². The lowest BCUT2D eigenvalue weighted by atomic mass is 9.88. The van der Waals surface area contributed by atoms with Gasteiger partial charge in [-0.1, -0.05) is 20.8 Å². The number of benzene rings is 1. The van der Waals surface area contributed by atoms with E-state index in [4.69, 9.17) is 0 Å². The summed E-state index contributed by atoms with van der Waals surface area (Å²) in [6, 6.07) is 1.40. The summed E-state index contributed by atoms with van der Waals surface area (Å²) < 4.78 is 26.8. The van der Waals surface area contributed by atoms with Crippen molar-refractivity contribution in [3.63, 3.8) is 0 Å². The molecule has 0 bridgehead atoms. The van der Waals surface area contributed by atoms with Crippen LogP contribution in [0.15, 0.2) is 12.1 Å². The Labute approximate surface area is 118 Å². The van der Waals surface area contributed by atoms with Crippen LogP contribution in [0.2, 0.25) is 0 Å². The minimum atomic E-state index is -0.905. The first-order valence-electron chi connectivity index (χ1n) is 6.51. The Morgan fingerprint density at radius 3 is 2.40 bits per heavy atom. The van der Waals surface area contributed by atoms with Gasteiger partial charge in [-0.2, -0.15) is 0 Å². The molecule has 0 aliphatic carbocycles. The van der Waals surface area contributed by atoms with Crippen molar-refractivity contribution in [2.24, 2.45) is 5.41 Å². The highest BCUT2D eigenvalue weighted by Crippen LogP contribution is 2.21. The van der Waals surface area contributed by atoms with Crippen molar-refractivity contribution in [1.82, 2.24) is 5.32 Å². The van der Waals surface area contributed by atoms with E-state index in [2.05, 4.69) is 5.32 Å². The first kappa shape index (κ1) is 16.6. The molecule has 0 spiro atoms. The number of aliphatic hydroxyl groups excluding tert-OH is 1. The van der Waals surface area contributed by atoms with E-state index in [-0.39, 0.29) is 23.1 Å². The van der Waals surface area contributed by atoms with Gasteiger partial charge in [0.05, 0.1) is 18.2 Å². The van der Waals surface area contributed by atoms with E-state index >= 15 is 0 Å². The number of carbonyl (C=O) groups excluding carboxylic acids is 1. The molecular formula is C15H21F2NO2. The van der Waals surface area contributed by atoms with Crippen LogP contribution in [0.4, 0.5) is 8.78 Å². The Hall–Kier alpha value is -1.49. The van der Waals surface area contributed by atoms with Crippen molar-refractivity contribution in [3.05, 3.63) is 34.9 Å². The zero-order valence-corrected chi connectivity index (χ0v) is 12.3. The Morgan fingerprint density at radius 2 is 1.90 bits per heavy atom. The predicted octanol–water partition coefficient (Wildman–Crippen LogP) is 2.80. The quantitative estimate of drug-likeness (QED) is 0.893. The smallest absolute Gasteiger partial charge is 0.254 e. The lowest BCUT2D eigenvalue weighted by molar-refractivity contribution is 0.0893. The molecule has 0 radical (unpaired) electrons. The molecule has 2 N–H and O–H groups in total. The summed E-state index contributed by atoms with van der Waals surface area (Å²) in [5, 5.41) is 11.9. The van der Waals surface area contributed by atoms with E-state index in [1.165, 1.54) is 13.0 Å². The van der Waals surface area contributed by atoms with Crippen molar-refractivity contribution in [1.29, 1.82) is 0 Å². The maximum absolute atomic E-state index is 13.6. The van der Waals surface area contributed by atoms with Crippen LogP contribution in [0, 0.1) is 24.0 Å². The Morgan fingerprint density at radius 1 is 1.30 bits per heavy atom. The van der Waals surface area contributed by atoms with Crippen molar-refractivity contribution in [2.45, 2.75) is 40.2 Å². The summed E-state index contributed by atoms with van der Waals surface area (Å²) in [6.07, 6.45) is 0.553. The molecule has 1 aromatic carbocycles. The van der Waals surface area contributed by atoms with Gasteiger partial charge in [0.2, 0.25) is 0 Å².